The first kappa shape index (κ1) is 12.6. The van der Waals surface area contributed by atoms with E-state index in [-0.39, 0.29) is 32.3 Å². The standard InChI is InChI=1S/C8H13N3O5/c12-5-7(6-13)16-4-3-10-2-1-9-8(10)11(14)15/h1-2,7,12-13H,3-6H2. The van der Waals surface area contributed by atoms with Crippen LogP contribution in [0.5, 0.6) is 0 Å². The zero-order chi connectivity index (χ0) is 12.0. The van der Waals surface area contributed by atoms with Gasteiger partial charge in [0.15, 0.2) is 0 Å². The molecular formula is C8H13N3O5. The molecule has 0 bridgehead atoms. The molecule has 0 atom stereocenters. The van der Waals surface area contributed by atoms with Crippen molar-refractivity contribution >= 4 is 5.95 Å². The van der Waals surface area contributed by atoms with Gasteiger partial charge >= 0.3 is 5.95 Å². The smallest absolute Gasteiger partial charge is 0.394 e. The van der Waals surface area contributed by atoms with E-state index in [0.29, 0.717) is 0 Å². The van der Waals surface area contributed by atoms with Crippen LogP contribution in [0.3, 0.4) is 0 Å². The third kappa shape index (κ3) is 3.26. The van der Waals surface area contributed by atoms with E-state index in [1.807, 2.05) is 0 Å². The second-order valence-electron chi connectivity index (χ2n) is 3.04. The molecule has 8 nitrogen and oxygen atoms in total. The summed E-state index contributed by atoms with van der Waals surface area (Å²) in [4.78, 5) is 13.5. The van der Waals surface area contributed by atoms with Gasteiger partial charge in [-0.2, -0.15) is 0 Å². The van der Waals surface area contributed by atoms with Crippen molar-refractivity contribution < 1.29 is 19.9 Å². The molecule has 0 spiro atoms. The van der Waals surface area contributed by atoms with E-state index in [1.165, 1.54) is 17.0 Å². The monoisotopic (exact) mass is 231 g/mol. The van der Waals surface area contributed by atoms with Gasteiger partial charge in [-0.1, -0.05) is 4.98 Å². The van der Waals surface area contributed by atoms with Crippen molar-refractivity contribution in [3.63, 3.8) is 0 Å². The lowest BCUT2D eigenvalue weighted by Crippen LogP contribution is -2.24. The summed E-state index contributed by atoms with van der Waals surface area (Å²) >= 11 is 0. The van der Waals surface area contributed by atoms with Gasteiger partial charge in [0.25, 0.3) is 0 Å². The van der Waals surface area contributed by atoms with Crippen molar-refractivity contribution in [3.8, 4) is 0 Å². The van der Waals surface area contributed by atoms with Crippen LogP contribution < -0.4 is 0 Å². The normalized spacial score (nSPS) is 10.9. The number of hydrogen-bond acceptors (Lipinski definition) is 6. The lowest BCUT2D eigenvalue weighted by Gasteiger charge is -2.11. The number of rotatable bonds is 7. The van der Waals surface area contributed by atoms with Gasteiger partial charge in [0.2, 0.25) is 0 Å². The molecule has 0 amide bonds. The molecule has 0 aliphatic carbocycles. The van der Waals surface area contributed by atoms with Crippen LogP contribution in [-0.4, -0.2) is 50.6 Å². The molecular weight excluding hydrogens is 218 g/mol. The Morgan fingerprint density at radius 3 is 2.81 bits per heavy atom. The van der Waals surface area contributed by atoms with Crippen molar-refractivity contribution in [2.75, 3.05) is 19.8 Å². The van der Waals surface area contributed by atoms with E-state index in [0.717, 1.165) is 0 Å². The van der Waals surface area contributed by atoms with E-state index in [4.69, 9.17) is 14.9 Å². The van der Waals surface area contributed by atoms with Gasteiger partial charge in [0, 0.05) is 0 Å². The first-order chi connectivity index (χ1) is 7.69. The van der Waals surface area contributed by atoms with Gasteiger partial charge < -0.3 is 25.1 Å². The molecule has 2 N–H and O–H groups in total. The quantitative estimate of drug-likeness (QED) is 0.467. The molecule has 0 aliphatic rings. The molecule has 0 saturated carbocycles. The van der Waals surface area contributed by atoms with Gasteiger partial charge in [0.05, 0.1) is 26.4 Å². The molecule has 0 fully saturated rings. The summed E-state index contributed by atoms with van der Waals surface area (Å²) in [5, 5.41) is 27.9. The van der Waals surface area contributed by atoms with Crippen molar-refractivity contribution in [2.24, 2.45) is 0 Å². The van der Waals surface area contributed by atoms with Crippen molar-refractivity contribution in [3.05, 3.63) is 22.5 Å². The molecule has 0 saturated heterocycles. The fourth-order valence-corrected chi connectivity index (χ4v) is 1.13. The Bertz CT molecular complexity index is 336. The molecule has 0 aromatic carbocycles. The average Bonchev–Trinajstić information content (AvgIpc) is 2.72. The maximum atomic E-state index is 10.5. The van der Waals surface area contributed by atoms with Crippen molar-refractivity contribution in [2.45, 2.75) is 12.6 Å². The number of imidazole rings is 1. The van der Waals surface area contributed by atoms with Crippen LogP contribution in [0.2, 0.25) is 0 Å². The van der Waals surface area contributed by atoms with Crippen LogP contribution in [0, 0.1) is 10.1 Å². The Morgan fingerprint density at radius 1 is 1.56 bits per heavy atom. The van der Waals surface area contributed by atoms with Crippen molar-refractivity contribution in [1.82, 2.24) is 9.55 Å². The molecule has 0 unspecified atom stereocenters. The topological polar surface area (TPSA) is 111 Å². The highest BCUT2D eigenvalue weighted by atomic mass is 16.6. The molecule has 1 rings (SSSR count). The fourth-order valence-electron chi connectivity index (χ4n) is 1.13. The maximum Gasteiger partial charge on any atom is 0.434 e. The molecule has 90 valence electrons. The number of aliphatic hydroxyl groups is 2. The SMILES string of the molecule is O=[N+]([O-])c1nccn1CCOC(CO)CO. The first-order valence-corrected chi connectivity index (χ1v) is 4.68. The number of hydrogen-bond donors (Lipinski definition) is 2. The van der Waals surface area contributed by atoms with Crippen LogP contribution in [0.25, 0.3) is 0 Å². The molecule has 16 heavy (non-hydrogen) atoms. The van der Waals surface area contributed by atoms with Crippen molar-refractivity contribution in [1.29, 1.82) is 0 Å². The summed E-state index contributed by atoms with van der Waals surface area (Å²) in [6.45, 7) is -0.180. The van der Waals surface area contributed by atoms with E-state index in [9.17, 15) is 10.1 Å². The van der Waals surface area contributed by atoms with E-state index in [1.54, 1.807) is 0 Å². The van der Waals surface area contributed by atoms with Gasteiger partial charge in [-0.15, -0.1) is 0 Å². The fraction of sp³-hybridized carbons (Fsp3) is 0.625. The number of aliphatic hydroxyl groups excluding tert-OH is 2. The van der Waals surface area contributed by atoms with Gasteiger partial charge in [-0.3, -0.25) is 0 Å². The second-order valence-corrected chi connectivity index (χ2v) is 3.04. The average molecular weight is 231 g/mol. The summed E-state index contributed by atoms with van der Waals surface area (Å²) in [6, 6.07) is 0. The van der Waals surface area contributed by atoms with E-state index < -0.39 is 11.0 Å². The van der Waals surface area contributed by atoms with E-state index >= 15 is 0 Å². The second kappa shape index (κ2) is 6.16. The maximum absolute atomic E-state index is 10.5. The van der Waals surface area contributed by atoms with Crippen LogP contribution in [0.1, 0.15) is 0 Å². The molecule has 1 aromatic heterocycles. The summed E-state index contributed by atoms with van der Waals surface area (Å²) in [5.41, 5.74) is 0. The predicted molar refractivity (Wildman–Crippen MR) is 52.8 cm³/mol. The van der Waals surface area contributed by atoms with E-state index in [2.05, 4.69) is 4.98 Å². The zero-order valence-electron chi connectivity index (χ0n) is 8.52. The van der Waals surface area contributed by atoms with Crippen LogP contribution in [-0.2, 0) is 11.3 Å². The summed E-state index contributed by atoms with van der Waals surface area (Å²) < 4.78 is 6.40. The summed E-state index contributed by atoms with van der Waals surface area (Å²) in [6.07, 6.45) is 2.14. The Labute approximate surface area is 91.2 Å². The van der Waals surface area contributed by atoms with Gasteiger partial charge in [0.1, 0.15) is 18.5 Å². The largest absolute Gasteiger partial charge is 0.434 e. The first-order valence-electron chi connectivity index (χ1n) is 4.68. The molecule has 1 aromatic rings. The third-order valence-corrected chi connectivity index (χ3v) is 1.95. The summed E-state index contributed by atoms with van der Waals surface area (Å²) in [5.74, 6) is -0.256. The lowest BCUT2D eigenvalue weighted by atomic mass is 10.4. The minimum Gasteiger partial charge on any atom is -0.394 e. The van der Waals surface area contributed by atoms with Crippen LogP contribution in [0.15, 0.2) is 12.4 Å². The Hall–Kier alpha value is -1.51. The Kier molecular flexibility index (Phi) is 4.83. The minimum absolute atomic E-state index is 0.156. The molecule has 8 heteroatoms. The third-order valence-electron chi connectivity index (χ3n) is 1.95. The molecule has 0 aliphatic heterocycles. The molecule has 0 radical (unpaired) electrons. The highest BCUT2D eigenvalue weighted by molar-refractivity contribution is 5.06. The summed E-state index contributed by atoms with van der Waals surface area (Å²) in [7, 11) is 0. The number of ether oxygens (including phenoxy) is 1. The van der Waals surface area contributed by atoms with Gasteiger partial charge in [-0.05, 0) is 4.92 Å². The predicted octanol–water partition coefficient (Wildman–Crippen LogP) is -0.839. The molecule has 1 heterocycles. The van der Waals surface area contributed by atoms with Crippen LogP contribution >= 0.6 is 0 Å². The highest BCUT2D eigenvalue weighted by Gasteiger charge is 2.14. The number of nitrogens with zero attached hydrogens (tertiary/aromatic N) is 3. The van der Waals surface area contributed by atoms with Crippen LogP contribution in [0.4, 0.5) is 5.95 Å². The Morgan fingerprint density at radius 2 is 2.25 bits per heavy atom. The number of aromatic nitrogens is 2. The zero-order valence-corrected chi connectivity index (χ0v) is 8.52. The number of nitro groups is 1. The highest BCUT2D eigenvalue weighted by Crippen LogP contribution is 2.06. The van der Waals surface area contributed by atoms with Gasteiger partial charge in [-0.25, -0.2) is 4.57 Å². The lowest BCUT2D eigenvalue weighted by molar-refractivity contribution is -0.396. The minimum atomic E-state index is -0.650. The Balaban J connectivity index is 2.42.